The Balaban J connectivity index is 1.64. The summed E-state index contributed by atoms with van der Waals surface area (Å²) < 4.78 is 17.4. The minimum absolute atomic E-state index is 0.165. The van der Waals surface area contributed by atoms with Gasteiger partial charge in [0.25, 0.3) is 0 Å². The molecule has 4 nitrogen and oxygen atoms in total. The van der Waals surface area contributed by atoms with Crippen LogP contribution in [0, 0.1) is 0 Å². The summed E-state index contributed by atoms with van der Waals surface area (Å²) in [5.41, 5.74) is 4.95. The number of aromatic nitrogens is 1. The minimum Gasteiger partial charge on any atom is -0.497 e. The Bertz CT molecular complexity index is 913. The zero-order chi connectivity index (χ0) is 18.6. The van der Waals surface area contributed by atoms with Crippen molar-refractivity contribution in [2.75, 3.05) is 7.11 Å². The molecule has 0 bridgehead atoms. The average Bonchev–Trinajstić information content (AvgIpc) is 3.17. The lowest BCUT2D eigenvalue weighted by Crippen LogP contribution is -2.04. The van der Waals surface area contributed by atoms with Gasteiger partial charge in [0.15, 0.2) is 0 Å². The number of pyridine rings is 1. The third-order valence-electron chi connectivity index (χ3n) is 4.69. The molecule has 0 saturated heterocycles. The van der Waals surface area contributed by atoms with Crippen LogP contribution in [-0.2, 0) is 23.8 Å². The number of halogens is 1. The molecule has 4 rings (SSSR count). The van der Waals surface area contributed by atoms with Crippen LogP contribution in [-0.4, -0.2) is 12.1 Å². The van der Waals surface area contributed by atoms with Crippen LogP contribution in [0.15, 0.2) is 60.8 Å². The Kier molecular flexibility index (Phi) is 5.28. The predicted octanol–water partition coefficient (Wildman–Crippen LogP) is 5.03. The fraction of sp³-hybridized carbons (Fsp3) is 0.227. The van der Waals surface area contributed by atoms with Crippen LogP contribution in [0.5, 0.6) is 11.5 Å². The van der Waals surface area contributed by atoms with Crippen molar-refractivity contribution < 1.29 is 14.2 Å². The lowest BCUT2D eigenvalue weighted by molar-refractivity contribution is 0.0928. The highest BCUT2D eigenvalue weighted by Crippen LogP contribution is 2.41. The van der Waals surface area contributed by atoms with E-state index in [1.807, 2.05) is 60.8 Å². The third-order valence-corrected chi connectivity index (χ3v) is 4.95. The number of nitrogens with zero attached hydrogens (tertiary/aromatic N) is 1. The van der Waals surface area contributed by atoms with Crippen LogP contribution in [0.25, 0.3) is 0 Å². The van der Waals surface area contributed by atoms with Crippen molar-refractivity contribution >= 4 is 11.6 Å². The Labute approximate surface area is 163 Å². The van der Waals surface area contributed by atoms with E-state index in [-0.39, 0.29) is 6.10 Å². The van der Waals surface area contributed by atoms with E-state index in [9.17, 15) is 0 Å². The first-order valence-electron chi connectivity index (χ1n) is 8.79. The molecule has 1 unspecified atom stereocenters. The van der Waals surface area contributed by atoms with Crippen LogP contribution >= 0.6 is 11.6 Å². The van der Waals surface area contributed by atoms with E-state index in [1.165, 1.54) is 0 Å². The summed E-state index contributed by atoms with van der Waals surface area (Å²) in [6.07, 6.45) is 1.69. The molecule has 0 saturated carbocycles. The molecule has 27 heavy (non-hydrogen) atoms. The monoisotopic (exact) mass is 381 g/mol. The maximum Gasteiger partial charge on any atom is 0.148 e. The summed E-state index contributed by atoms with van der Waals surface area (Å²) in [4.78, 5) is 4.53. The number of methoxy groups -OCH3 is 1. The Morgan fingerprint density at radius 2 is 1.89 bits per heavy atom. The van der Waals surface area contributed by atoms with E-state index in [0.717, 1.165) is 39.4 Å². The molecule has 0 aliphatic carbocycles. The van der Waals surface area contributed by atoms with Crippen LogP contribution in [0.4, 0.5) is 0 Å². The lowest BCUT2D eigenvalue weighted by atomic mass is 10.00. The average molecular weight is 382 g/mol. The topological polar surface area (TPSA) is 40.6 Å². The zero-order valence-corrected chi connectivity index (χ0v) is 15.8. The van der Waals surface area contributed by atoms with Crippen molar-refractivity contribution in [3.8, 4) is 11.5 Å². The summed E-state index contributed by atoms with van der Waals surface area (Å²) >= 11 is 6.11. The van der Waals surface area contributed by atoms with Crippen molar-refractivity contribution in [2.45, 2.75) is 25.2 Å². The summed E-state index contributed by atoms with van der Waals surface area (Å²) in [6.45, 7) is 0.943. The number of benzene rings is 2. The molecule has 1 aliphatic heterocycles. The van der Waals surface area contributed by atoms with Gasteiger partial charge >= 0.3 is 0 Å². The van der Waals surface area contributed by atoms with E-state index in [0.29, 0.717) is 19.1 Å². The molecule has 1 aliphatic rings. The Morgan fingerprint density at radius 3 is 2.59 bits per heavy atom. The standard InChI is InChI=1S/C22H20ClNO3/c1-25-17-9-7-16(8-10-17)21-18-12-24-20(11-23)22(19(18)14-27-21)26-13-15-5-3-2-4-6-15/h2-10,12,21H,11,13-14H2,1H3. The van der Waals surface area contributed by atoms with Gasteiger partial charge in [-0.15, -0.1) is 11.6 Å². The van der Waals surface area contributed by atoms with Crippen LogP contribution < -0.4 is 9.47 Å². The largest absolute Gasteiger partial charge is 0.497 e. The molecule has 2 aromatic carbocycles. The lowest BCUT2D eigenvalue weighted by Gasteiger charge is -2.15. The molecule has 1 atom stereocenters. The fourth-order valence-corrected chi connectivity index (χ4v) is 3.46. The highest BCUT2D eigenvalue weighted by molar-refractivity contribution is 6.17. The summed E-state index contributed by atoms with van der Waals surface area (Å²) in [5.74, 6) is 1.85. The third kappa shape index (κ3) is 3.64. The first-order valence-corrected chi connectivity index (χ1v) is 9.32. The number of hydrogen-bond acceptors (Lipinski definition) is 4. The van der Waals surface area contributed by atoms with E-state index < -0.39 is 0 Å². The number of rotatable bonds is 6. The van der Waals surface area contributed by atoms with E-state index in [1.54, 1.807) is 7.11 Å². The van der Waals surface area contributed by atoms with Crippen molar-refractivity contribution in [2.24, 2.45) is 0 Å². The van der Waals surface area contributed by atoms with Crippen LogP contribution in [0.3, 0.4) is 0 Å². The highest BCUT2D eigenvalue weighted by Gasteiger charge is 2.30. The minimum atomic E-state index is -0.165. The van der Waals surface area contributed by atoms with Gasteiger partial charge in [0, 0.05) is 17.3 Å². The molecule has 138 valence electrons. The van der Waals surface area contributed by atoms with Gasteiger partial charge in [0.05, 0.1) is 25.3 Å². The van der Waals surface area contributed by atoms with Crippen LogP contribution in [0.2, 0.25) is 0 Å². The molecule has 0 spiro atoms. The number of alkyl halides is 1. The normalized spacial score (nSPS) is 15.4. The molecule has 5 heteroatoms. The van der Waals surface area contributed by atoms with Gasteiger partial charge in [0.2, 0.25) is 0 Å². The number of fused-ring (bicyclic) bond motifs is 1. The zero-order valence-electron chi connectivity index (χ0n) is 15.0. The summed E-state index contributed by atoms with van der Waals surface area (Å²) in [7, 11) is 1.66. The van der Waals surface area contributed by atoms with Crippen molar-refractivity contribution in [3.05, 3.63) is 88.7 Å². The quantitative estimate of drug-likeness (QED) is 0.561. The van der Waals surface area contributed by atoms with Gasteiger partial charge in [-0.1, -0.05) is 42.5 Å². The van der Waals surface area contributed by atoms with Gasteiger partial charge in [-0.3, -0.25) is 4.98 Å². The molecule has 0 amide bonds. The molecule has 0 fully saturated rings. The molecular formula is C22H20ClNO3. The smallest absolute Gasteiger partial charge is 0.148 e. The van der Waals surface area contributed by atoms with Gasteiger partial charge in [-0.05, 0) is 23.3 Å². The van der Waals surface area contributed by atoms with Crippen molar-refractivity contribution in [3.63, 3.8) is 0 Å². The summed E-state index contributed by atoms with van der Waals surface area (Å²) in [6, 6.07) is 17.9. The van der Waals surface area contributed by atoms with E-state index in [2.05, 4.69) is 4.98 Å². The Hall–Kier alpha value is -2.56. The van der Waals surface area contributed by atoms with Gasteiger partial charge in [-0.2, -0.15) is 0 Å². The SMILES string of the molecule is COc1ccc(C2OCc3c2cnc(CCl)c3OCc2ccccc2)cc1. The first kappa shape index (κ1) is 17.8. The second-order valence-corrected chi connectivity index (χ2v) is 6.61. The predicted molar refractivity (Wildman–Crippen MR) is 104 cm³/mol. The van der Waals surface area contributed by atoms with E-state index in [4.69, 9.17) is 25.8 Å². The number of hydrogen-bond donors (Lipinski definition) is 0. The number of ether oxygens (including phenoxy) is 3. The molecule has 2 heterocycles. The van der Waals surface area contributed by atoms with Crippen molar-refractivity contribution in [1.29, 1.82) is 0 Å². The summed E-state index contributed by atoms with van der Waals surface area (Å²) in [5, 5.41) is 0. The molecule has 1 aromatic heterocycles. The highest BCUT2D eigenvalue weighted by atomic mass is 35.5. The molecule has 0 radical (unpaired) electrons. The first-order chi connectivity index (χ1) is 13.3. The van der Waals surface area contributed by atoms with E-state index >= 15 is 0 Å². The molecule has 0 N–H and O–H groups in total. The van der Waals surface area contributed by atoms with Crippen molar-refractivity contribution in [1.82, 2.24) is 4.98 Å². The second kappa shape index (κ2) is 7.99. The maximum absolute atomic E-state index is 6.13. The second-order valence-electron chi connectivity index (χ2n) is 6.34. The fourth-order valence-electron chi connectivity index (χ4n) is 3.27. The van der Waals surface area contributed by atoms with Crippen LogP contribution in [0.1, 0.15) is 34.1 Å². The Morgan fingerprint density at radius 1 is 1.11 bits per heavy atom. The van der Waals surface area contributed by atoms with Gasteiger partial charge < -0.3 is 14.2 Å². The molecular weight excluding hydrogens is 362 g/mol. The van der Waals surface area contributed by atoms with Gasteiger partial charge in [0.1, 0.15) is 24.2 Å². The maximum atomic E-state index is 6.13. The molecule has 3 aromatic rings. The van der Waals surface area contributed by atoms with Gasteiger partial charge in [-0.25, -0.2) is 0 Å².